The van der Waals surface area contributed by atoms with Crippen molar-refractivity contribution in [2.75, 3.05) is 11.9 Å². The molecule has 1 N–H and O–H groups in total. The second-order valence-electron chi connectivity index (χ2n) is 4.77. The van der Waals surface area contributed by atoms with E-state index in [-0.39, 0.29) is 12.5 Å². The van der Waals surface area contributed by atoms with Gasteiger partial charge >= 0.3 is 0 Å². The monoisotopic (exact) mass is 362 g/mol. The molecule has 0 unspecified atom stereocenters. The Kier molecular flexibility index (Phi) is 4.98. The highest BCUT2D eigenvalue weighted by Crippen LogP contribution is 2.27. The average Bonchev–Trinajstić information content (AvgIpc) is 3.09. The first-order valence-corrected chi connectivity index (χ1v) is 7.71. The fraction of sp³-hybridized carbons (Fsp3) is 0.0625. The number of ether oxygens (including phenoxy) is 1. The fourth-order valence-corrected chi connectivity index (χ4v) is 2.40. The van der Waals surface area contributed by atoms with E-state index in [1.807, 2.05) is 0 Å². The van der Waals surface area contributed by atoms with Crippen molar-refractivity contribution in [3.63, 3.8) is 0 Å². The number of carbonyl (C=O) groups is 1. The molecule has 2 heterocycles. The Morgan fingerprint density at radius 1 is 1.25 bits per heavy atom. The van der Waals surface area contributed by atoms with Crippen molar-refractivity contribution in [1.82, 2.24) is 14.8 Å². The van der Waals surface area contributed by atoms with Crippen LogP contribution in [0.15, 0.2) is 55.0 Å². The summed E-state index contributed by atoms with van der Waals surface area (Å²) in [5, 5.41) is 7.62. The van der Waals surface area contributed by atoms with E-state index in [2.05, 4.69) is 15.4 Å². The number of aromatic nitrogens is 3. The molecule has 0 saturated heterocycles. The molecule has 3 rings (SSSR count). The Balaban J connectivity index is 1.56. The highest BCUT2D eigenvalue weighted by Gasteiger charge is 2.07. The van der Waals surface area contributed by atoms with Gasteiger partial charge in [-0.05, 0) is 36.4 Å². The molecule has 3 aromatic rings. The molecule has 0 aliphatic heterocycles. The van der Waals surface area contributed by atoms with Gasteiger partial charge in [0, 0.05) is 17.4 Å². The molecular weight excluding hydrogens is 351 g/mol. The van der Waals surface area contributed by atoms with Crippen molar-refractivity contribution in [2.45, 2.75) is 0 Å². The van der Waals surface area contributed by atoms with Crippen LogP contribution in [0.3, 0.4) is 0 Å². The second kappa shape index (κ2) is 7.33. The Bertz CT molecular complexity index is 836. The largest absolute Gasteiger partial charge is 0.482 e. The van der Waals surface area contributed by atoms with Crippen LogP contribution in [-0.2, 0) is 4.79 Å². The Labute approximate surface area is 148 Å². The van der Waals surface area contributed by atoms with E-state index in [1.54, 1.807) is 59.7 Å². The number of carbonyl (C=O) groups excluding carboxylic acids is 1. The molecule has 2 aromatic heterocycles. The lowest BCUT2D eigenvalue weighted by Gasteiger charge is -2.09. The van der Waals surface area contributed by atoms with Gasteiger partial charge in [-0.2, -0.15) is 5.10 Å². The second-order valence-corrected chi connectivity index (χ2v) is 5.61. The quantitative estimate of drug-likeness (QED) is 0.752. The lowest BCUT2D eigenvalue weighted by Crippen LogP contribution is -2.20. The van der Waals surface area contributed by atoms with E-state index in [4.69, 9.17) is 27.9 Å². The van der Waals surface area contributed by atoms with Gasteiger partial charge in [-0.3, -0.25) is 4.79 Å². The normalized spacial score (nSPS) is 10.4. The van der Waals surface area contributed by atoms with Crippen molar-refractivity contribution in [2.24, 2.45) is 0 Å². The molecule has 122 valence electrons. The van der Waals surface area contributed by atoms with Crippen molar-refractivity contribution in [1.29, 1.82) is 0 Å². The summed E-state index contributed by atoms with van der Waals surface area (Å²) in [6.07, 6.45) is 4.99. The van der Waals surface area contributed by atoms with Crippen LogP contribution in [0, 0.1) is 0 Å². The molecule has 0 atom stereocenters. The van der Waals surface area contributed by atoms with Crippen molar-refractivity contribution < 1.29 is 9.53 Å². The zero-order valence-corrected chi connectivity index (χ0v) is 13.8. The third-order valence-corrected chi connectivity index (χ3v) is 3.55. The molecule has 0 fully saturated rings. The molecule has 0 aliphatic carbocycles. The maximum absolute atomic E-state index is 11.9. The van der Waals surface area contributed by atoms with E-state index in [0.717, 1.165) is 0 Å². The molecule has 1 aromatic carbocycles. The topological polar surface area (TPSA) is 69.0 Å². The van der Waals surface area contributed by atoms with Crippen LogP contribution in [0.4, 0.5) is 5.69 Å². The first kappa shape index (κ1) is 16.3. The molecule has 0 aliphatic rings. The van der Waals surface area contributed by atoms with Crippen LogP contribution >= 0.6 is 23.2 Å². The van der Waals surface area contributed by atoms with Crippen LogP contribution in [0.25, 0.3) is 5.82 Å². The van der Waals surface area contributed by atoms with Crippen LogP contribution in [0.1, 0.15) is 0 Å². The van der Waals surface area contributed by atoms with Crippen LogP contribution in [0.5, 0.6) is 5.75 Å². The molecule has 0 spiro atoms. The maximum Gasteiger partial charge on any atom is 0.262 e. The lowest BCUT2D eigenvalue weighted by molar-refractivity contribution is -0.118. The summed E-state index contributed by atoms with van der Waals surface area (Å²) in [7, 11) is 0. The molecule has 0 bridgehead atoms. The van der Waals surface area contributed by atoms with Gasteiger partial charge in [0.05, 0.1) is 16.9 Å². The first-order valence-electron chi connectivity index (χ1n) is 6.95. The summed E-state index contributed by atoms with van der Waals surface area (Å²) in [4.78, 5) is 16.2. The molecular formula is C16H12Cl2N4O2. The number of anilines is 1. The molecule has 6 nitrogen and oxygen atoms in total. The zero-order chi connectivity index (χ0) is 16.9. The number of nitrogens with one attached hydrogen (secondary N) is 1. The summed E-state index contributed by atoms with van der Waals surface area (Å²) < 4.78 is 6.99. The number of hydrogen-bond acceptors (Lipinski definition) is 4. The van der Waals surface area contributed by atoms with E-state index in [1.165, 1.54) is 0 Å². The summed E-state index contributed by atoms with van der Waals surface area (Å²) in [5.74, 6) is 0.722. The number of pyridine rings is 1. The lowest BCUT2D eigenvalue weighted by atomic mass is 10.3. The van der Waals surface area contributed by atoms with Crippen molar-refractivity contribution in [3.8, 4) is 11.6 Å². The minimum Gasteiger partial charge on any atom is -0.482 e. The van der Waals surface area contributed by atoms with Crippen molar-refractivity contribution >= 4 is 34.8 Å². The van der Waals surface area contributed by atoms with Crippen molar-refractivity contribution in [3.05, 3.63) is 65.0 Å². The van der Waals surface area contributed by atoms with Gasteiger partial charge in [-0.1, -0.05) is 23.2 Å². The first-order chi connectivity index (χ1) is 11.6. The van der Waals surface area contributed by atoms with Gasteiger partial charge in [0.1, 0.15) is 5.75 Å². The SMILES string of the molecule is O=C(COc1ccc(Cl)cc1Cl)Nc1ccc(-n2cccn2)nc1. The van der Waals surface area contributed by atoms with Gasteiger partial charge in [-0.15, -0.1) is 0 Å². The van der Waals surface area contributed by atoms with Gasteiger partial charge in [-0.25, -0.2) is 9.67 Å². The van der Waals surface area contributed by atoms with Crippen LogP contribution in [-0.4, -0.2) is 27.3 Å². The minimum atomic E-state index is -0.324. The summed E-state index contributed by atoms with van der Waals surface area (Å²) in [6.45, 7) is -0.178. The minimum absolute atomic E-state index is 0.178. The standard InChI is InChI=1S/C16H12Cl2N4O2/c17-11-2-4-14(13(18)8-11)24-10-16(23)21-12-3-5-15(19-9-12)22-7-1-6-20-22/h1-9H,10H2,(H,21,23). The number of benzene rings is 1. The number of amides is 1. The zero-order valence-electron chi connectivity index (χ0n) is 12.3. The molecule has 8 heteroatoms. The van der Waals surface area contributed by atoms with E-state index < -0.39 is 0 Å². The van der Waals surface area contributed by atoms with Crippen LogP contribution in [0.2, 0.25) is 10.0 Å². The van der Waals surface area contributed by atoms with Gasteiger partial charge in [0.25, 0.3) is 5.91 Å². The summed E-state index contributed by atoms with van der Waals surface area (Å²) >= 11 is 11.8. The van der Waals surface area contributed by atoms with Gasteiger partial charge < -0.3 is 10.1 Å². The van der Waals surface area contributed by atoms with Crippen LogP contribution < -0.4 is 10.1 Å². The Morgan fingerprint density at radius 3 is 2.79 bits per heavy atom. The van der Waals surface area contributed by atoms with Gasteiger partial charge in [0.2, 0.25) is 0 Å². The molecule has 0 saturated carbocycles. The van der Waals surface area contributed by atoms with E-state index in [9.17, 15) is 4.79 Å². The molecule has 0 radical (unpaired) electrons. The highest BCUT2D eigenvalue weighted by atomic mass is 35.5. The molecule has 24 heavy (non-hydrogen) atoms. The number of rotatable bonds is 5. The van der Waals surface area contributed by atoms with E-state index in [0.29, 0.717) is 27.3 Å². The molecule has 1 amide bonds. The number of hydrogen-bond donors (Lipinski definition) is 1. The summed E-state index contributed by atoms with van der Waals surface area (Å²) in [5.41, 5.74) is 0.557. The highest BCUT2D eigenvalue weighted by molar-refractivity contribution is 6.35. The van der Waals surface area contributed by atoms with Gasteiger partial charge in [0.15, 0.2) is 12.4 Å². The number of halogens is 2. The third-order valence-electron chi connectivity index (χ3n) is 3.02. The number of nitrogens with zero attached hydrogens (tertiary/aromatic N) is 3. The summed E-state index contributed by atoms with van der Waals surface area (Å²) in [6, 6.07) is 10.1. The Morgan fingerprint density at radius 2 is 2.12 bits per heavy atom. The Hall–Kier alpha value is -2.57. The van der Waals surface area contributed by atoms with E-state index >= 15 is 0 Å². The smallest absolute Gasteiger partial charge is 0.262 e. The maximum atomic E-state index is 11.9. The average molecular weight is 363 g/mol. The fourth-order valence-electron chi connectivity index (χ4n) is 1.93. The third kappa shape index (κ3) is 4.04. The predicted molar refractivity (Wildman–Crippen MR) is 91.9 cm³/mol. The predicted octanol–water partition coefficient (Wildman–Crippen LogP) is 3.59.